The number of carbonyl (C=O) groups excluding carboxylic acids is 2. The molecule has 0 saturated carbocycles. The average Bonchev–Trinajstić information content (AvgIpc) is 3.02. The molecule has 2 aromatic rings. The van der Waals surface area contributed by atoms with E-state index in [0.717, 1.165) is 16.5 Å². The Labute approximate surface area is 159 Å². The number of rotatable bonds is 9. The van der Waals surface area contributed by atoms with Gasteiger partial charge in [0.1, 0.15) is 11.3 Å². The standard InChI is InChI=1S/C21H28N2O4/c1-14(24)8-7-9-15(19(25)23(4)21(2,3)20(26)27)12-16-13-22-18-11-6-5-10-17(16)18/h5-6,10-11,13,15,22H,7-9,12H2,1-4H3,(H,26,27)/t15-/m1/s1. The van der Waals surface area contributed by atoms with Gasteiger partial charge in [0.15, 0.2) is 0 Å². The van der Waals surface area contributed by atoms with Gasteiger partial charge in [0.25, 0.3) is 0 Å². The smallest absolute Gasteiger partial charge is 0.329 e. The van der Waals surface area contributed by atoms with Crippen LogP contribution in [0.15, 0.2) is 30.5 Å². The molecule has 0 aliphatic heterocycles. The average molecular weight is 372 g/mol. The number of nitrogens with one attached hydrogen (secondary N) is 1. The molecule has 0 radical (unpaired) electrons. The predicted octanol–water partition coefficient (Wildman–Crippen LogP) is 3.41. The number of aromatic nitrogens is 1. The SMILES string of the molecule is CC(=O)CCC[C@H](Cc1c[nH]c2ccccc12)C(=O)N(C)C(C)(C)C(=O)O. The molecular formula is C21H28N2O4. The zero-order valence-electron chi connectivity index (χ0n) is 16.4. The van der Waals surface area contributed by atoms with Gasteiger partial charge < -0.3 is 19.8 Å². The fraction of sp³-hybridized carbons (Fsp3) is 0.476. The molecule has 0 aliphatic rings. The van der Waals surface area contributed by atoms with E-state index in [1.165, 1.54) is 32.7 Å². The Morgan fingerprint density at radius 3 is 2.52 bits per heavy atom. The zero-order chi connectivity index (χ0) is 20.2. The summed E-state index contributed by atoms with van der Waals surface area (Å²) in [6, 6.07) is 7.88. The van der Waals surface area contributed by atoms with Crippen LogP contribution < -0.4 is 0 Å². The third-order valence-electron chi connectivity index (χ3n) is 5.26. The quantitative estimate of drug-likeness (QED) is 0.706. The number of amides is 1. The summed E-state index contributed by atoms with van der Waals surface area (Å²) in [6.45, 7) is 4.58. The Kier molecular flexibility index (Phi) is 6.41. The van der Waals surface area contributed by atoms with Crippen LogP contribution in [0.5, 0.6) is 0 Å². The molecule has 0 unspecified atom stereocenters. The molecule has 6 heteroatoms. The van der Waals surface area contributed by atoms with E-state index in [9.17, 15) is 19.5 Å². The number of hydrogen-bond donors (Lipinski definition) is 2. The first kappa shape index (κ1) is 20.7. The summed E-state index contributed by atoms with van der Waals surface area (Å²) in [7, 11) is 1.53. The number of aliphatic carboxylic acids is 1. The number of likely N-dealkylation sites (N-methyl/N-ethyl adjacent to an activating group) is 1. The van der Waals surface area contributed by atoms with Crippen LogP contribution in [-0.4, -0.2) is 45.2 Å². The van der Waals surface area contributed by atoms with Gasteiger partial charge in [0.05, 0.1) is 0 Å². The number of Topliss-reactive ketones (excluding diaryl/α,β-unsaturated/α-hetero) is 1. The van der Waals surface area contributed by atoms with Gasteiger partial charge in [-0.05, 0) is 51.7 Å². The minimum absolute atomic E-state index is 0.0903. The monoisotopic (exact) mass is 372 g/mol. The molecule has 27 heavy (non-hydrogen) atoms. The van der Waals surface area contributed by atoms with Crippen LogP contribution in [0.1, 0.15) is 45.6 Å². The second-order valence-corrected chi connectivity index (χ2v) is 7.62. The maximum atomic E-state index is 13.1. The Bertz CT molecular complexity index is 838. The van der Waals surface area contributed by atoms with Crippen molar-refractivity contribution in [2.24, 2.45) is 5.92 Å². The first-order chi connectivity index (χ1) is 12.6. The van der Waals surface area contributed by atoms with Crippen molar-refractivity contribution in [3.8, 4) is 0 Å². The molecule has 146 valence electrons. The number of fused-ring (bicyclic) bond motifs is 1. The summed E-state index contributed by atoms with van der Waals surface area (Å²) in [5.41, 5.74) is 0.728. The van der Waals surface area contributed by atoms with Crippen molar-refractivity contribution < 1.29 is 19.5 Å². The number of nitrogens with zero attached hydrogens (tertiary/aromatic N) is 1. The van der Waals surface area contributed by atoms with Crippen molar-refractivity contribution in [3.63, 3.8) is 0 Å². The van der Waals surface area contributed by atoms with Gasteiger partial charge in [-0.1, -0.05) is 18.2 Å². The number of aromatic amines is 1. The van der Waals surface area contributed by atoms with Crippen LogP contribution in [0.3, 0.4) is 0 Å². The third-order valence-corrected chi connectivity index (χ3v) is 5.26. The van der Waals surface area contributed by atoms with Gasteiger partial charge in [0.2, 0.25) is 5.91 Å². The molecule has 0 fully saturated rings. The number of carbonyl (C=O) groups is 3. The van der Waals surface area contributed by atoms with Crippen molar-refractivity contribution in [1.29, 1.82) is 0 Å². The first-order valence-electron chi connectivity index (χ1n) is 9.20. The molecule has 0 spiro atoms. The fourth-order valence-electron chi connectivity index (χ4n) is 3.17. The Morgan fingerprint density at radius 2 is 1.89 bits per heavy atom. The number of carboxylic acids is 1. The van der Waals surface area contributed by atoms with Crippen molar-refractivity contribution >= 4 is 28.6 Å². The van der Waals surface area contributed by atoms with E-state index >= 15 is 0 Å². The van der Waals surface area contributed by atoms with E-state index in [1.54, 1.807) is 0 Å². The van der Waals surface area contributed by atoms with Gasteiger partial charge >= 0.3 is 5.97 Å². The predicted molar refractivity (Wildman–Crippen MR) is 105 cm³/mol. The third kappa shape index (κ3) is 4.76. The van der Waals surface area contributed by atoms with E-state index in [2.05, 4.69) is 4.98 Å². The molecule has 1 aromatic heterocycles. The number of carboxylic acid groups (broad SMARTS) is 1. The number of H-pyrrole nitrogens is 1. The molecule has 0 bridgehead atoms. The molecule has 0 aliphatic carbocycles. The maximum absolute atomic E-state index is 13.1. The molecule has 1 aromatic carbocycles. The molecule has 1 atom stereocenters. The van der Waals surface area contributed by atoms with E-state index in [-0.39, 0.29) is 17.6 Å². The van der Waals surface area contributed by atoms with E-state index in [1.807, 2.05) is 30.5 Å². The minimum Gasteiger partial charge on any atom is -0.480 e. The normalized spacial score (nSPS) is 12.7. The molecule has 1 amide bonds. The summed E-state index contributed by atoms with van der Waals surface area (Å²) >= 11 is 0. The summed E-state index contributed by atoms with van der Waals surface area (Å²) in [6.07, 6.45) is 3.97. The summed E-state index contributed by atoms with van der Waals surface area (Å²) in [5, 5.41) is 10.5. The van der Waals surface area contributed by atoms with Crippen LogP contribution in [0, 0.1) is 5.92 Å². The molecular weight excluding hydrogens is 344 g/mol. The lowest BCUT2D eigenvalue weighted by molar-refractivity contribution is -0.157. The second-order valence-electron chi connectivity index (χ2n) is 7.62. The van der Waals surface area contributed by atoms with E-state index in [0.29, 0.717) is 25.7 Å². The van der Waals surface area contributed by atoms with Crippen LogP contribution in [0.25, 0.3) is 10.9 Å². The molecule has 1 heterocycles. The van der Waals surface area contributed by atoms with Gasteiger partial charge in [-0.25, -0.2) is 4.79 Å². The molecule has 2 N–H and O–H groups in total. The van der Waals surface area contributed by atoms with E-state index in [4.69, 9.17) is 0 Å². The molecule has 2 rings (SSSR count). The summed E-state index contributed by atoms with van der Waals surface area (Å²) in [4.78, 5) is 40.5. The lowest BCUT2D eigenvalue weighted by Gasteiger charge is -2.34. The van der Waals surface area contributed by atoms with Crippen LogP contribution in [0.2, 0.25) is 0 Å². The Balaban J connectivity index is 2.26. The zero-order valence-corrected chi connectivity index (χ0v) is 16.4. The number of benzene rings is 1. The van der Waals surface area contributed by atoms with Crippen LogP contribution >= 0.6 is 0 Å². The summed E-state index contributed by atoms with van der Waals surface area (Å²) in [5.74, 6) is -1.55. The summed E-state index contributed by atoms with van der Waals surface area (Å²) < 4.78 is 0. The minimum atomic E-state index is -1.30. The van der Waals surface area contributed by atoms with E-state index < -0.39 is 11.5 Å². The van der Waals surface area contributed by atoms with Gasteiger partial charge in [-0.15, -0.1) is 0 Å². The van der Waals surface area contributed by atoms with Crippen molar-refractivity contribution in [2.75, 3.05) is 7.05 Å². The lowest BCUT2D eigenvalue weighted by atomic mass is 9.90. The molecule has 0 saturated heterocycles. The first-order valence-corrected chi connectivity index (χ1v) is 9.20. The van der Waals surface area contributed by atoms with Gasteiger partial charge in [0, 0.05) is 36.5 Å². The Morgan fingerprint density at radius 1 is 1.22 bits per heavy atom. The topological polar surface area (TPSA) is 90.5 Å². The fourth-order valence-corrected chi connectivity index (χ4v) is 3.17. The highest BCUT2D eigenvalue weighted by atomic mass is 16.4. The highest BCUT2D eigenvalue weighted by molar-refractivity contribution is 5.88. The van der Waals surface area contributed by atoms with Crippen molar-refractivity contribution in [2.45, 2.75) is 52.0 Å². The second kappa shape index (κ2) is 8.37. The highest BCUT2D eigenvalue weighted by Gasteiger charge is 2.37. The largest absolute Gasteiger partial charge is 0.480 e. The number of para-hydroxylation sites is 1. The highest BCUT2D eigenvalue weighted by Crippen LogP contribution is 2.26. The van der Waals surface area contributed by atoms with Crippen LogP contribution in [-0.2, 0) is 20.8 Å². The van der Waals surface area contributed by atoms with Crippen molar-refractivity contribution in [3.05, 3.63) is 36.0 Å². The lowest BCUT2D eigenvalue weighted by Crippen LogP contribution is -2.52. The maximum Gasteiger partial charge on any atom is 0.329 e. The molecule has 6 nitrogen and oxygen atoms in total. The number of hydrogen-bond acceptors (Lipinski definition) is 3. The van der Waals surface area contributed by atoms with Gasteiger partial charge in [-0.2, -0.15) is 0 Å². The van der Waals surface area contributed by atoms with Crippen LogP contribution in [0.4, 0.5) is 0 Å². The van der Waals surface area contributed by atoms with Gasteiger partial charge in [-0.3, -0.25) is 4.79 Å². The Hall–Kier alpha value is -2.63. The van der Waals surface area contributed by atoms with Crippen molar-refractivity contribution in [1.82, 2.24) is 9.88 Å². The number of ketones is 1.